The lowest BCUT2D eigenvalue weighted by molar-refractivity contribution is 0.509. The standard InChI is InChI=1S/C22H14ClF2N5S/c23-13-7-8-30-11-15(26-20(30)9-13)12-31-22-28-19-4-2-1-3-16(19)21(29-22)27-14-5-6-17(24)18(25)10-14/h1-11H,12H2,(H,27,28,29). The van der Waals surface area contributed by atoms with Crippen LogP contribution < -0.4 is 5.32 Å². The number of imidazole rings is 1. The van der Waals surface area contributed by atoms with E-state index in [1.54, 1.807) is 12.1 Å². The van der Waals surface area contributed by atoms with Crippen molar-refractivity contribution < 1.29 is 8.78 Å². The number of hydrogen-bond donors (Lipinski definition) is 1. The molecule has 5 rings (SSSR count). The van der Waals surface area contributed by atoms with E-state index in [4.69, 9.17) is 11.6 Å². The summed E-state index contributed by atoms with van der Waals surface area (Å²) in [6.07, 6.45) is 3.79. The van der Waals surface area contributed by atoms with E-state index >= 15 is 0 Å². The molecule has 0 fully saturated rings. The van der Waals surface area contributed by atoms with E-state index in [-0.39, 0.29) is 0 Å². The summed E-state index contributed by atoms with van der Waals surface area (Å²) in [4.78, 5) is 13.8. The molecule has 2 aromatic carbocycles. The van der Waals surface area contributed by atoms with Gasteiger partial charge in [-0.3, -0.25) is 0 Å². The van der Waals surface area contributed by atoms with Crippen molar-refractivity contribution >= 4 is 51.4 Å². The molecular weight excluding hydrogens is 440 g/mol. The molecule has 0 aliphatic carbocycles. The highest BCUT2D eigenvalue weighted by molar-refractivity contribution is 7.98. The van der Waals surface area contributed by atoms with Gasteiger partial charge in [0.25, 0.3) is 0 Å². The van der Waals surface area contributed by atoms with Gasteiger partial charge in [0, 0.05) is 40.3 Å². The Kier molecular flexibility index (Phi) is 5.17. The van der Waals surface area contributed by atoms with Crippen LogP contribution in [-0.2, 0) is 5.75 Å². The van der Waals surface area contributed by atoms with Crippen molar-refractivity contribution in [3.8, 4) is 0 Å². The summed E-state index contributed by atoms with van der Waals surface area (Å²) in [6.45, 7) is 0. The van der Waals surface area contributed by atoms with E-state index in [9.17, 15) is 8.78 Å². The maximum Gasteiger partial charge on any atom is 0.190 e. The number of nitrogens with zero attached hydrogens (tertiary/aromatic N) is 4. The number of thioether (sulfide) groups is 1. The van der Waals surface area contributed by atoms with Crippen LogP contribution in [0.5, 0.6) is 0 Å². The molecule has 9 heteroatoms. The fourth-order valence-corrected chi connectivity index (χ4v) is 4.03. The average Bonchev–Trinajstić information content (AvgIpc) is 3.17. The number of fused-ring (bicyclic) bond motifs is 2. The van der Waals surface area contributed by atoms with Gasteiger partial charge in [0.2, 0.25) is 0 Å². The van der Waals surface area contributed by atoms with Crippen LogP contribution in [0, 0.1) is 11.6 Å². The number of halogens is 3. The molecule has 154 valence electrons. The van der Waals surface area contributed by atoms with Crippen LogP contribution in [0.1, 0.15) is 5.69 Å². The number of aromatic nitrogens is 4. The van der Waals surface area contributed by atoms with Crippen molar-refractivity contribution in [2.24, 2.45) is 0 Å². The van der Waals surface area contributed by atoms with E-state index < -0.39 is 11.6 Å². The van der Waals surface area contributed by atoms with Gasteiger partial charge in [-0.25, -0.2) is 23.7 Å². The van der Waals surface area contributed by atoms with Crippen LogP contribution >= 0.6 is 23.4 Å². The number of para-hydroxylation sites is 1. The van der Waals surface area contributed by atoms with Gasteiger partial charge < -0.3 is 9.72 Å². The Labute approximate surface area is 185 Å². The SMILES string of the molecule is Fc1ccc(Nc2nc(SCc3cn4ccc(Cl)cc4n3)nc3ccccc23)cc1F. The Balaban J connectivity index is 1.44. The number of hydrogen-bond acceptors (Lipinski definition) is 5. The monoisotopic (exact) mass is 453 g/mol. The molecule has 1 N–H and O–H groups in total. The Bertz CT molecular complexity index is 1420. The normalized spacial score (nSPS) is 11.3. The highest BCUT2D eigenvalue weighted by atomic mass is 35.5. The molecule has 3 aromatic heterocycles. The molecule has 0 atom stereocenters. The van der Waals surface area contributed by atoms with Crippen LogP contribution in [0.2, 0.25) is 5.02 Å². The van der Waals surface area contributed by atoms with E-state index in [1.165, 1.54) is 17.8 Å². The van der Waals surface area contributed by atoms with Gasteiger partial charge in [-0.15, -0.1) is 0 Å². The largest absolute Gasteiger partial charge is 0.339 e. The molecule has 0 aliphatic rings. The Hall–Kier alpha value is -3.23. The lowest BCUT2D eigenvalue weighted by Crippen LogP contribution is -1.99. The minimum absolute atomic E-state index is 0.399. The first-order valence-electron chi connectivity index (χ1n) is 9.30. The van der Waals surface area contributed by atoms with E-state index in [1.807, 2.05) is 41.1 Å². The zero-order valence-corrected chi connectivity index (χ0v) is 17.5. The molecule has 0 spiro atoms. The minimum atomic E-state index is -0.926. The van der Waals surface area contributed by atoms with Crippen molar-refractivity contribution in [3.05, 3.63) is 89.3 Å². The van der Waals surface area contributed by atoms with Gasteiger partial charge in [-0.05, 0) is 36.4 Å². The number of rotatable bonds is 5. The third-order valence-corrected chi connectivity index (χ3v) is 5.70. The lowest BCUT2D eigenvalue weighted by atomic mass is 10.2. The topological polar surface area (TPSA) is 55.1 Å². The minimum Gasteiger partial charge on any atom is -0.339 e. The highest BCUT2D eigenvalue weighted by Crippen LogP contribution is 2.29. The predicted octanol–water partition coefficient (Wildman–Crippen LogP) is 6.25. The third-order valence-electron chi connectivity index (χ3n) is 4.59. The average molecular weight is 454 g/mol. The maximum atomic E-state index is 13.6. The highest BCUT2D eigenvalue weighted by Gasteiger charge is 2.11. The number of benzene rings is 2. The molecule has 0 saturated carbocycles. The summed E-state index contributed by atoms with van der Waals surface area (Å²) >= 11 is 7.46. The van der Waals surface area contributed by atoms with Crippen molar-refractivity contribution in [3.63, 3.8) is 0 Å². The van der Waals surface area contributed by atoms with Crippen molar-refractivity contribution in [2.45, 2.75) is 10.9 Å². The molecule has 0 unspecified atom stereocenters. The van der Waals surface area contributed by atoms with Gasteiger partial charge in [-0.2, -0.15) is 0 Å². The molecule has 0 bridgehead atoms. The summed E-state index contributed by atoms with van der Waals surface area (Å²) < 4.78 is 28.8. The first-order valence-corrected chi connectivity index (χ1v) is 10.7. The fraction of sp³-hybridized carbons (Fsp3) is 0.0455. The summed E-state index contributed by atoms with van der Waals surface area (Å²) in [5.74, 6) is -0.753. The maximum absolute atomic E-state index is 13.6. The number of anilines is 2. The van der Waals surface area contributed by atoms with Crippen molar-refractivity contribution in [1.29, 1.82) is 0 Å². The second-order valence-electron chi connectivity index (χ2n) is 6.76. The summed E-state index contributed by atoms with van der Waals surface area (Å²) in [5, 5.41) is 5.02. The smallest absolute Gasteiger partial charge is 0.190 e. The molecule has 0 saturated heterocycles. The first-order chi connectivity index (χ1) is 15.0. The molecule has 3 heterocycles. The Morgan fingerprint density at radius 1 is 0.968 bits per heavy atom. The summed E-state index contributed by atoms with van der Waals surface area (Å²) in [6, 6.07) is 14.7. The van der Waals surface area contributed by atoms with Crippen LogP contribution in [0.3, 0.4) is 0 Å². The van der Waals surface area contributed by atoms with Crippen LogP contribution in [0.25, 0.3) is 16.6 Å². The quantitative estimate of drug-likeness (QED) is 0.252. The second-order valence-corrected chi connectivity index (χ2v) is 8.14. The van der Waals surface area contributed by atoms with Crippen LogP contribution in [0.15, 0.2) is 72.1 Å². The van der Waals surface area contributed by atoms with Gasteiger partial charge in [0.1, 0.15) is 11.5 Å². The molecule has 5 aromatic rings. The van der Waals surface area contributed by atoms with Gasteiger partial charge in [0.15, 0.2) is 16.8 Å². The zero-order valence-electron chi connectivity index (χ0n) is 15.9. The second kappa shape index (κ2) is 8.13. The van der Waals surface area contributed by atoms with Crippen molar-refractivity contribution in [2.75, 3.05) is 5.32 Å². The Morgan fingerprint density at radius 2 is 1.84 bits per heavy atom. The first kappa shape index (κ1) is 19.7. The van der Waals surface area contributed by atoms with E-state index in [2.05, 4.69) is 20.3 Å². The Morgan fingerprint density at radius 3 is 2.71 bits per heavy atom. The molecular formula is C22H14ClF2N5S. The van der Waals surface area contributed by atoms with Gasteiger partial charge in [0.05, 0.1) is 11.2 Å². The summed E-state index contributed by atoms with van der Waals surface area (Å²) in [7, 11) is 0. The van der Waals surface area contributed by atoms with Crippen LogP contribution in [0.4, 0.5) is 20.3 Å². The van der Waals surface area contributed by atoms with Gasteiger partial charge in [-0.1, -0.05) is 35.5 Å². The zero-order chi connectivity index (χ0) is 21.4. The summed E-state index contributed by atoms with van der Waals surface area (Å²) in [5.41, 5.74) is 2.77. The number of nitrogens with one attached hydrogen (secondary N) is 1. The van der Waals surface area contributed by atoms with Crippen LogP contribution in [-0.4, -0.2) is 19.4 Å². The molecule has 31 heavy (non-hydrogen) atoms. The molecule has 5 nitrogen and oxygen atoms in total. The van der Waals surface area contributed by atoms with Gasteiger partial charge >= 0.3 is 0 Å². The lowest BCUT2D eigenvalue weighted by Gasteiger charge is -2.11. The molecule has 0 aliphatic heterocycles. The predicted molar refractivity (Wildman–Crippen MR) is 119 cm³/mol. The fourth-order valence-electron chi connectivity index (χ4n) is 3.14. The molecule has 0 amide bonds. The molecule has 0 radical (unpaired) electrons. The number of pyridine rings is 1. The van der Waals surface area contributed by atoms with Crippen molar-refractivity contribution in [1.82, 2.24) is 19.4 Å². The van der Waals surface area contributed by atoms with E-state index in [0.717, 1.165) is 34.4 Å². The van der Waals surface area contributed by atoms with E-state index in [0.29, 0.717) is 27.4 Å². The third kappa shape index (κ3) is 4.17.